The first kappa shape index (κ1) is 12.9. The first-order valence-corrected chi connectivity index (χ1v) is 7.86. The summed E-state index contributed by atoms with van der Waals surface area (Å²) in [7, 11) is -3.23. The summed E-state index contributed by atoms with van der Waals surface area (Å²) in [5.41, 5.74) is 0. The highest BCUT2D eigenvalue weighted by molar-refractivity contribution is 9.11. The summed E-state index contributed by atoms with van der Waals surface area (Å²) in [6.45, 7) is 1.78. The van der Waals surface area contributed by atoms with Crippen LogP contribution in [0.25, 0.3) is 0 Å². The Morgan fingerprint density at radius 3 is 2.60 bits per heavy atom. The Bertz CT molecular complexity index is 448. The molecule has 0 aromatic carbocycles. The number of hydrogen-bond donors (Lipinski definition) is 0. The van der Waals surface area contributed by atoms with Crippen LogP contribution in [0.4, 0.5) is 0 Å². The highest BCUT2D eigenvalue weighted by Gasteiger charge is 2.18. The average Bonchev–Trinajstić information content (AvgIpc) is 2.50. The molecule has 0 bridgehead atoms. The van der Waals surface area contributed by atoms with E-state index in [0.29, 0.717) is 11.3 Å². The van der Waals surface area contributed by atoms with Crippen LogP contribution in [0, 0.1) is 0 Å². The predicted molar refractivity (Wildman–Crippen MR) is 65.3 cm³/mol. The van der Waals surface area contributed by atoms with Gasteiger partial charge in [-0.2, -0.15) is 0 Å². The second-order valence-electron chi connectivity index (χ2n) is 3.12. The molecule has 0 N–H and O–H groups in total. The van der Waals surface area contributed by atoms with E-state index < -0.39 is 9.84 Å². The Labute approximate surface area is 102 Å². The molecule has 1 rings (SSSR count). The fraction of sp³-hybridized carbons (Fsp3) is 0.444. The van der Waals surface area contributed by atoms with Gasteiger partial charge in [0.05, 0.1) is 14.4 Å². The maximum absolute atomic E-state index is 11.6. The lowest BCUT2D eigenvalue weighted by Crippen LogP contribution is -2.17. The third-order valence-corrected chi connectivity index (χ3v) is 5.11. The third-order valence-electron chi connectivity index (χ3n) is 1.71. The van der Waals surface area contributed by atoms with Crippen LogP contribution in [0.1, 0.15) is 23.0 Å². The Morgan fingerprint density at radius 2 is 2.13 bits per heavy atom. The van der Waals surface area contributed by atoms with Crippen LogP contribution in [-0.2, 0) is 9.84 Å². The molecule has 0 aliphatic carbocycles. The largest absolute Gasteiger partial charge is 0.292 e. The van der Waals surface area contributed by atoms with E-state index in [2.05, 4.69) is 15.9 Å². The van der Waals surface area contributed by atoms with Crippen molar-refractivity contribution in [1.29, 1.82) is 0 Å². The topological polar surface area (TPSA) is 51.2 Å². The molecular weight excluding hydrogens is 300 g/mol. The van der Waals surface area contributed by atoms with Crippen LogP contribution in [0.15, 0.2) is 15.9 Å². The molecule has 1 aromatic heterocycles. The van der Waals surface area contributed by atoms with Gasteiger partial charge in [0.2, 0.25) is 0 Å². The molecule has 15 heavy (non-hydrogen) atoms. The van der Waals surface area contributed by atoms with Gasteiger partial charge >= 0.3 is 0 Å². The monoisotopic (exact) mass is 310 g/mol. The fourth-order valence-corrected chi connectivity index (χ4v) is 3.85. The summed E-state index contributed by atoms with van der Waals surface area (Å²) >= 11 is 4.48. The first-order valence-electron chi connectivity index (χ1n) is 4.43. The molecule has 84 valence electrons. The number of Topliss-reactive ketones (excluding diaryl/α,β-unsaturated/α-hetero) is 1. The molecule has 3 nitrogen and oxygen atoms in total. The van der Waals surface area contributed by atoms with Gasteiger partial charge in [-0.05, 0) is 34.5 Å². The molecule has 0 fully saturated rings. The zero-order valence-corrected chi connectivity index (χ0v) is 11.4. The molecule has 0 radical (unpaired) electrons. The van der Waals surface area contributed by atoms with Crippen molar-refractivity contribution >= 4 is 42.9 Å². The lowest BCUT2D eigenvalue weighted by atomic mass is 10.4. The van der Waals surface area contributed by atoms with Gasteiger partial charge in [0.1, 0.15) is 5.75 Å². The third kappa shape index (κ3) is 4.04. The molecule has 0 aliphatic heterocycles. The van der Waals surface area contributed by atoms with E-state index in [0.717, 1.165) is 3.79 Å². The Hall–Kier alpha value is -0.200. The van der Waals surface area contributed by atoms with Crippen molar-refractivity contribution in [3.05, 3.63) is 20.8 Å². The van der Waals surface area contributed by atoms with E-state index in [9.17, 15) is 13.2 Å². The van der Waals surface area contributed by atoms with Gasteiger partial charge in [0.15, 0.2) is 15.6 Å². The van der Waals surface area contributed by atoms with E-state index in [4.69, 9.17) is 0 Å². The van der Waals surface area contributed by atoms with Gasteiger partial charge in [-0.1, -0.05) is 6.92 Å². The summed E-state index contributed by atoms with van der Waals surface area (Å²) in [5, 5.41) is 0. The molecule has 0 saturated carbocycles. The summed E-state index contributed by atoms with van der Waals surface area (Å²) in [6.07, 6.45) is 0.545. The van der Waals surface area contributed by atoms with Crippen molar-refractivity contribution in [2.45, 2.75) is 13.3 Å². The van der Waals surface area contributed by atoms with E-state index in [1.165, 1.54) is 11.3 Å². The number of thiophene rings is 1. The zero-order chi connectivity index (χ0) is 11.5. The molecule has 0 saturated heterocycles. The number of carbonyl (C=O) groups is 1. The van der Waals surface area contributed by atoms with Gasteiger partial charge in [-0.3, -0.25) is 4.79 Å². The average molecular weight is 311 g/mol. The number of ketones is 1. The minimum atomic E-state index is -3.23. The summed E-state index contributed by atoms with van der Waals surface area (Å²) in [4.78, 5) is 12.0. The van der Waals surface area contributed by atoms with Crippen LogP contribution >= 0.6 is 27.3 Å². The van der Waals surface area contributed by atoms with Gasteiger partial charge in [-0.25, -0.2) is 8.42 Å². The van der Waals surface area contributed by atoms with E-state index in [1.807, 2.05) is 0 Å². The molecule has 0 spiro atoms. The van der Waals surface area contributed by atoms with Crippen LogP contribution in [0.3, 0.4) is 0 Å². The van der Waals surface area contributed by atoms with Crippen molar-refractivity contribution in [1.82, 2.24) is 0 Å². The summed E-state index contributed by atoms with van der Waals surface area (Å²) < 4.78 is 23.6. The van der Waals surface area contributed by atoms with Crippen LogP contribution < -0.4 is 0 Å². The minimum Gasteiger partial charge on any atom is -0.292 e. The van der Waals surface area contributed by atoms with Gasteiger partial charge in [0, 0.05) is 0 Å². The molecule has 1 aromatic rings. The molecule has 0 atom stereocenters. The van der Waals surface area contributed by atoms with Crippen molar-refractivity contribution in [3.63, 3.8) is 0 Å². The van der Waals surface area contributed by atoms with Crippen molar-refractivity contribution in [2.24, 2.45) is 0 Å². The number of halogens is 1. The Kier molecular flexibility index (Phi) is 4.48. The quantitative estimate of drug-likeness (QED) is 0.785. The highest BCUT2D eigenvalue weighted by Crippen LogP contribution is 2.22. The lowest BCUT2D eigenvalue weighted by molar-refractivity contribution is 0.102. The van der Waals surface area contributed by atoms with Crippen LogP contribution in [0.5, 0.6) is 0 Å². The van der Waals surface area contributed by atoms with Crippen molar-refractivity contribution in [3.8, 4) is 0 Å². The summed E-state index contributed by atoms with van der Waals surface area (Å²) in [5.74, 6) is -0.627. The van der Waals surface area contributed by atoms with Gasteiger partial charge in [-0.15, -0.1) is 11.3 Å². The van der Waals surface area contributed by atoms with Crippen molar-refractivity contribution < 1.29 is 13.2 Å². The molecule has 0 unspecified atom stereocenters. The smallest absolute Gasteiger partial charge is 0.187 e. The summed E-state index contributed by atoms with van der Waals surface area (Å²) in [6, 6.07) is 3.38. The van der Waals surface area contributed by atoms with Gasteiger partial charge in [0.25, 0.3) is 0 Å². The Balaban J connectivity index is 2.72. The Morgan fingerprint density at radius 1 is 1.47 bits per heavy atom. The van der Waals surface area contributed by atoms with E-state index in [-0.39, 0.29) is 17.3 Å². The van der Waals surface area contributed by atoms with E-state index >= 15 is 0 Å². The predicted octanol–water partition coefficient (Wildman–Crippen LogP) is 2.52. The molecule has 0 aliphatic rings. The second kappa shape index (κ2) is 5.23. The standard InChI is InChI=1S/C9H11BrO3S2/c1-2-5-15(12,13)6-7(11)8-3-4-9(10)14-8/h3-4H,2,5-6H2,1H3. The first-order chi connectivity index (χ1) is 6.94. The number of rotatable bonds is 5. The van der Waals surface area contributed by atoms with Crippen LogP contribution in [0.2, 0.25) is 0 Å². The number of carbonyl (C=O) groups excluding carboxylic acids is 1. The maximum Gasteiger partial charge on any atom is 0.187 e. The van der Waals surface area contributed by atoms with Crippen LogP contribution in [-0.4, -0.2) is 25.7 Å². The highest BCUT2D eigenvalue weighted by atomic mass is 79.9. The molecule has 0 amide bonds. The normalized spacial score (nSPS) is 11.6. The SMILES string of the molecule is CCCS(=O)(=O)CC(=O)c1ccc(Br)s1. The molecule has 1 heterocycles. The number of hydrogen-bond acceptors (Lipinski definition) is 4. The molecule has 6 heteroatoms. The maximum atomic E-state index is 11.6. The zero-order valence-electron chi connectivity index (χ0n) is 8.20. The lowest BCUT2D eigenvalue weighted by Gasteiger charge is -1.99. The van der Waals surface area contributed by atoms with E-state index in [1.54, 1.807) is 19.1 Å². The molecular formula is C9H11BrO3S2. The minimum absolute atomic E-state index is 0.0747. The fourth-order valence-electron chi connectivity index (χ4n) is 1.12. The second-order valence-corrected chi connectivity index (χ2v) is 7.77. The number of sulfone groups is 1. The van der Waals surface area contributed by atoms with Crippen molar-refractivity contribution in [2.75, 3.05) is 11.5 Å². The van der Waals surface area contributed by atoms with Gasteiger partial charge < -0.3 is 0 Å².